The topological polar surface area (TPSA) is 43.4 Å². The molecule has 0 bridgehead atoms. The third-order valence-corrected chi connectivity index (χ3v) is 4.80. The molecule has 0 aromatic heterocycles. The lowest BCUT2D eigenvalue weighted by molar-refractivity contribution is -0.120. The molecule has 0 aliphatic heterocycles. The summed E-state index contributed by atoms with van der Waals surface area (Å²) < 4.78 is 17.6. The molecule has 1 aliphatic carbocycles. The van der Waals surface area contributed by atoms with E-state index < -0.39 is 10.8 Å². The van der Waals surface area contributed by atoms with Crippen LogP contribution in [0.5, 0.6) is 5.75 Å². The molecule has 2 rings (SSSR count). The molecule has 0 spiro atoms. The number of ketones is 1. The van der Waals surface area contributed by atoms with Crippen molar-refractivity contribution in [1.82, 2.24) is 0 Å². The van der Waals surface area contributed by atoms with Gasteiger partial charge in [0.15, 0.2) is 0 Å². The molecule has 1 aliphatic rings. The summed E-state index contributed by atoms with van der Waals surface area (Å²) in [6.45, 7) is 0. The van der Waals surface area contributed by atoms with Crippen molar-refractivity contribution in [2.75, 3.05) is 7.11 Å². The van der Waals surface area contributed by atoms with Crippen LogP contribution in [0.2, 0.25) is 0 Å². The van der Waals surface area contributed by atoms with Crippen molar-refractivity contribution in [3.05, 3.63) is 24.3 Å². The van der Waals surface area contributed by atoms with E-state index in [1.165, 1.54) is 0 Å². The first-order valence-corrected chi connectivity index (χ1v) is 6.99. The molecule has 0 N–H and O–H groups in total. The summed E-state index contributed by atoms with van der Waals surface area (Å²) in [5.41, 5.74) is 0. The van der Waals surface area contributed by atoms with Crippen LogP contribution in [0.15, 0.2) is 29.2 Å². The Hall–Kier alpha value is -1.16. The Bertz CT molecular complexity index is 442. The van der Waals surface area contributed by atoms with Crippen LogP contribution in [0.3, 0.4) is 0 Å². The number of rotatable bonds is 3. The first-order valence-electron chi connectivity index (χ1n) is 5.77. The molecular formula is C13H16O3S. The third kappa shape index (κ3) is 2.75. The zero-order chi connectivity index (χ0) is 12.3. The van der Waals surface area contributed by atoms with Crippen molar-refractivity contribution < 1.29 is 13.7 Å². The third-order valence-electron chi connectivity index (χ3n) is 3.03. The van der Waals surface area contributed by atoms with E-state index in [2.05, 4.69) is 0 Å². The molecule has 3 nitrogen and oxygen atoms in total. The Morgan fingerprint density at radius 1 is 1.35 bits per heavy atom. The van der Waals surface area contributed by atoms with Gasteiger partial charge in [0.2, 0.25) is 0 Å². The maximum atomic E-state index is 12.4. The van der Waals surface area contributed by atoms with Gasteiger partial charge in [-0.15, -0.1) is 0 Å². The molecule has 0 amide bonds. The number of ether oxygens (including phenoxy) is 1. The van der Waals surface area contributed by atoms with E-state index in [0.717, 1.165) is 12.8 Å². The highest BCUT2D eigenvalue weighted by Gasteiger charge is 2.26. The number of benzene rings is 1. The summed E-state index contributed by atoms with van der Waals surface area (Å²) >= 11 is 0. The van der Waals surface area contributed by atoms with Gasteiger partial charge in [-0.2, -0.15) is 0 Å². The van der Waals surface area contributed by atoms with Crippen molar-refractivity contribution in [3.63, 3.8) is 0 Å². The van der Waals surface area contributed by atoms with E-state index in [9.17, 15) is 9.00 Å². The SMILES string of the molecule is COc1ccccc1S(=O)C1CCCC(=O)C1. The highest BCUT2D eigenvalue weighted by Crippen LogP contribution is 2.29. The van der Waals surface area contributed by atoms with Gasteiger partial charge in [-0.3, -0.25) is 9.00 Å². The van der Waals surface area contributed by atoms with E-state index in [4.69, 9.17) is 4.74 Å². The molecule has 92 valence electrons. The molecule has 0 heterocycles. The van der Waals surface area contributed by atoms with E-state index in [0.29, 0.717) is 23.5 Å². The first kappa shape index (κ1) is 12.3. The molecule has 17 heavy (non-hydrogen) atoms. The van der Waals surface area contributed by atoms with E-state index in [1.807, 2.05) is 18.2 Å². The van der Waals surface area contributed by atoms with Gasteiger partial charge in [-0.05, 0) is 25.0 Å². The normalized spacial score (nSPS) is 22.2. The van der Waals surface area contributed by atoms with E-state index in [-0.39, 0.29) is 11.0 Å². The zero-order valence-corrected chi connectivity index (χ0v) is 10.7. The van der Waals surface area contributed by atoms with Crippen LogP contribution in [0, 0.1) is 0 Å². The average Bonchev–Trinajstić information content (AvgIpc) is 2.38. The van der Waals surface area contributed by atoms with Crippen molar-refractivity contribution in [2.24, 2.45) is 0 Å². The van der Waals surface area contributed by atoms with Crippen LogP contribution >= 0.6 is 0 Å². The lowest BCUT2D eigenvalue weighted by Gasteiger charge is -2.21. The number of hydrogen-bond acceptors (Lipinski definition) is 3. The molecule has 0 saturated heterocycles. The second-order valence-electron chi connectivity index (χ2n) is 4.21. The highest BCUT2D eigenvalue weighted by molar-refractivity contribution is 7.85. The lowest BCUT2D eigenvalue weighted by Crippen LogP contribution is -2.24. The average molecular weight is 252 g/mol. The summed E-state index contributed by atoms with van der Waals surface area (Å²) in [5.74, 6) is 0.869. The molecule has 4 heteroatoms. The van der Waals surface area contributed by atoms with Crippen molar-refractivity contribution >= 4 is 16.6 Å². The van der Waals surface area contributed by atoms with Gasteiger partial charge in [0, 0.05) is 18.1 Å². The van der Waals surface area contributed by atoms with Gasteiger partial charge in [0.05, 0.1) is 22.8 Å². The van der Waals surface area contributed by atoms with E-state index >= 15 is 0 Å². The summed E-state index contributed by atoms with van der Waals surface area (Å²) in [6, 6.07) is 7.32. The Labute approximate surface area is 104 Å². The number of Topliss-reactive ketones (excluding diaryl/α,β-unsaturated/α-hetero) is 1. The van der Waals surface area contributed by atoms with Crippen LogP contribution in [0.1, 0.15) is 25.7 Å². The molecule has 0 radical (unpaired) electrons. The second kappa shape index (κ2) is 5.45. The smallest absolute Gasteiger partial charge is 0.134 e. The molecule has 2 atom stereocenters. The number of carbonyl (C=O) groups is 1. The monoisotopic (exact) mass is 252 g/mol. The molecule has 1 fully saturated rings. The number of carbonyl (C=O) groups excluding carboxylic acids is 1. The minimum Gasteiger partial charge on any atom is -0.495 e. The fourth-order valence-corrected chi connectivity index (χ4v) is 3.77. The van der Waals surface area contributed by atoms with Crippen LogP contribution in [0.4, 0.5) is 0 Å². The Kier molecular flexibility index (Phi) is 3.94. The van der Waals surface area contributed by atoms with E-state index in [1.54, 1.807) is 13.2 Å². The summed E-state index contributed by atoms with van der Waals surface area (Å²) in [4.78, 5) is 12.1. The standard InChI is InChI=1S/C13H16O3S/c1-16-12-7-2-3-8-13(12)17(15)11-6-4-5-10(14)9-11/h2-3,7-8,11H,4-6,9H2,1H3. The van der Waals surface area contributed by atoms with Crippen LogP contribution < -0.4 is 4.74 Å². The largest absolute Gasteiger partial charge is 0.495 e. The quantitative estimate of drug-likeness (QED) is 0.829. The van der Waals surface area contributed by atoms with Gasteiger partial charge >= 0.3 is 0 Å². The van der Waals surface area contributed by atoms with Crippen molar-refractivity contribution in [1.29, 1.82) is 0 Å². The first-order chi connectivity index (χ1) is 8.22. The van der Waals surface area contributed by atoms with Gasteiger partial charge in [0.1, 0.15) is 11.5 Å². The minimum absolute atomic E-state index is 0.0486. The lowest BCUT2D eigenvalue weighted by atomic mass is 9.99. The van der Waals surface area contributed by atoms with Crippen LogP contribution in [0.25, 0.3) is 0 Å². The van der Waals surface area contributed by atoms with Crippen molar-refractivity contribution in [2.45, 2.75) is 35.8 Å². The highest BCUT2D eigenvalue weighted by atomic mass is 32.2. The van der Waals surface area contributed by atoms with Gasteiger partial charge in [0.25, 0.3) is 0 Å². The number of para-hydroxylation sites is 1. The zero-order valence-electron chi connectivity index (χ0n) is 9.85. The molecule has 2 unspecified atom stereocenters. The van der Waals surface area contributed by atoms with Crippen LogP contribution in [-0.2, 0) is 15.6 Å². The Balaban J connectivity index is 2.21. The molecular weight excluding hydrogens is 236 g/mol. The Morgan fingerprint density at radius 3 is 2.82 bits per heavy atom. The van der Waals surface area contributed by atoms with Gasteiger partial charge in [-0.1, -0.05) is 12.1 Å². The molecule has 1 aromatic carbocycles. The summed E-state index contributed by atoms with van der Waals surface area (Å²) in [5, 5.41) is -0.0486. The predicted octanol–water partition coefficient (Wildman–Crippen LogP) is 2.31. The number of hydrogen-bond donors (Lipinski definition) is 0. The summed E-state index contributed by atoms with van der Waals surface area (Å²) in [7, 11) is 0.424. The van der Waals surface area contributed by atoms with Gasteiger partial charge < -0.3 is 4.74 Å². The van der Waals surface area contributed by atoms with Gasteiger partial charge in [-0.25, -0.2) is 0 Å². The fraction of sp³-hybridized carbons (Fsp3) is 0.462. The fourth-order valence-electron chi connectivity index (χ4n) is 2.13. The Morgan fingerprint density at radius 2 is 2.12 bits per heavy atom. The van der Waals surface area contributed by atoms with Crippen LogP contribution in [-0.4, -0.2) is 22.4 Å². The maximum Gasteiger partial charge on any atom is 0.134 e. The minimum atomic E-state index is -1.15. The predicted molar refractivity (Wildman–Crippen MR) is 66.7 cm³/mol. The second-order valence-corrected chi connectivity index (χ2v) is 5.91. The molecule has 1 saturated carbocycles. The van der Waals surface area contributed by atoms with Crippen molar-refractivity contribution in [3.8, 4) is 5.75 Å². The number of methoxy groups -OCH3 is 1. The maximum absolute atomic E-state index is 12.4. The summed E-state index contributed by atoms with van der Waals surface area (Å²) in [6.07, 6.45) is 2.78. The molecule has 1 aromatic rings.